The molecule has 0 aliphatic carbocycles. The molecule has 0 radical (unpaired) electrons. The number of thioether (sulfide) groups is 1. The van der Waals surface area contributed by atoms with Crippen LogP contribution in [0.25, 0.3) is 0 Å². The fourth-order valence-electron chi connectivity index (χ4n) is 2.27. The van der Waals surface area contributed by atoms with Crippen LogP contribution in [0.5, 0.6) is 0 Å². The first-order valence-electron chi connectivity index (χ1n) is 5.23. The minimum Gasteiger partial charge on any atom is -0.331 e. The molecule has 0 unspecified atom stereocenters. The summed E-state index contributed by atoms with van der Waals surface area (Å²) in [5, 5.41) is 0. The Morgan fingerprint density at radius 2 is 1.93 bits per heavy atom. The van der Waals surface area contributed by atoms with Crippen LogP contribution in [0, 0.1) is 0 Å². The van der Waals surface area contributed by atoms with E-state index < -0.39 is 0 Å². The van der Waals surface area contributed by atoms with E-state index in [-0.39, 0.29) is 4.87 Å². The number of amides is 1. The summed E-state index contributed by atoms with van der Waals surface area (Å²) in [6.07, 6.45) is 2.96. The van der Waals surface area contributed by atoms with Gasteiger partial charge in [0.05, 0.1) is 4.87 Å². The molecule has 0 bridgehead atoms. The van der Waals surface area contributed by atoms with Crippen molar-refractivity contribution in [3.8, 4) is 0 Å². The van der Waals surface area contributed by atoms with Crippen molar-refractivity contribution in [2.75, 3.05) is 32.9 Å². The normalized spacial score (nSPS) is 28.4. The highest BCUT2D eigenvalue weighted by molar-refractivity contribution is 8.00. The Hall–Kier alpha value is -0.220. The van der Waals surface area contributed by atoms with Crippen molar-refractivity contribution >= 4 is 17.7 Å². The summed E-state index contributed by atoms with van der Waals surface area (Å²) >= 11 is 1.98. The number of rotatable bonds is 0. The summed E-state index contributed by atoms with van der Waals surface area (Å²) in [5.74, 6) is 1.33. The number of nitrogens with zero attached hydrogens (tertiary/aromatic N) is 2. The molecular weight excluding hydrogens is 196 g/mol. The van der Waals surface area contributed by atoms with E-state index in [0.717, 1.165) is 38.1 Å². The zero-order valence-electron chi connectivity index (χ0n) is 8.95. The molecule has 4 heteroatoms. The first-order valence-corrected chi connectivity index (χ1v) is 6.22. The Kier molecular flexibility index (Phi) is 2.75. The number of carbonyl (C=O) groups is 1. The standard InChI is InChI=1S/C10H18N2OS/c1-11-6-4-10(5-7-11)12(2)9(13)3-8-14-10/h3-8H2,1-2H3. The van der Waals surface area contributed by atoms with E-state index in [1.165, 1.54) is 0 Å². The Labute approximate surface area is 89.8 Å². The third kappa shape index (κ3) is 1.65. The van der Waals surface area contributed by atoms with E-state index in [1.54, 1.807) is 0 Å². The van der Waals surface area contributed by atoms with Gasteiger partial charge in [-0.05, 0) is 19.9 Å². The highest BCUT2D eigenvalue weighted by Crippen LogP contribution is 2.41. The molecule has 80 valence electrons. The number of hydrogen-bond donors (Lipinski definition) is 0. The van der Waals surface area contributed by atoms with Crippen LogP contribution in [0.4, 0.5) is 0 Å². The smallest absolute Gasteiger partial charge is 0.224 e. The zero-order valence-corrected chi connectivity index (χ0v) is 9.77. The summed E-state index contributed by atoms with van der Waals surface area (Å²) in [5.41, 5.74) is 0. The molecule has 2 rings (SSSR count). The highest BCUT2D eigenvalue weighted by Gasteiger charge is 2.42. The first-order chi connectivity index (χ1) is 6.64. The van der Waals surface area contributed by atoms with E-state index in [1.807, 2.05) is 23.7 Å². The molecule has 2 aliphatic rings. The molecule has 2 heterocycles. The van der Waals surface area contributed by atoms with Crippen molar-refractivity contribution in [3.05, 3.63) is 0 Å². The minimum atomic E-state index is 0.127. The lowest BCUT2D eigenvalue weighted by molar-refractivity contribution is -0.134. The van der Waals surface area contributed by atoms with Crippen LogP contribution < -0.4 is 0 Å². The lowest BCUT2D eigenvalue weighted by Crippen LogP contribution is -2.55. The van der Waals surface area contributed by atoms with Crippen molar-refractivity contribution in [1.82, 2.24) is 9.80 Å². The molecule has 2 saturated heterocycles. The lowest BCUT2D eigenvalue weighted by atomic mass is 10.0. The third-order valence-electron chi connectivity index (χ3n) is 3.44. The first kappa shape index (κ1) is 10.3. The van der Waals surface area contributed by atoms with Gasteiger partial charge >= 0.3 is 0 Å². The summed E-state index contributed by atoms with van der Waals surface area (Å²) < 4.78 is 0. The van der Waals surface area contributed by atoms with Gasteiger partial charge in [-0.2, -0.15) is 0 Å². The van der Waals surface area contributed by atoms with Crippen molar-refractivity contribution in [1.29, 1.82) is 0 Å². The largest absolute Gasteiger partial charge is 0.331 e. The molecule has 0 N–H and O–H groups in total. The van der Waals surface area contributed by atoms with Crippen LogP contribution in [0.2, 0.25) is 0 Å². The van der Waals surface area contributed by atoms with Crippen LogP contribution in [0.1, 0.15) is 19.3 Å². The number of carbonyl (C=O) groups excluding carboxylic acids is 1. The lowest BCUT2D eigenvalue weighted by Gasteiger charge is -2.48. The Bertz CT molecular complexity index is 236. The molecule has 0 saturated carbocycles. The Morgan fingerprint density at radius 3 is 2.57 bits per heavy atom. The van der Waals surface area contributed by atoms with Crippen molar-refractivity contribution in [2.24, 2.45) is 0 Å². The van der Waals surface area contributed by atoms with Crippen molar-refractivity contribution < 1.29 is 4.79 Å². The molecule has 2 aliphatic heterocycles. The number of likely N-dealkylation sites (tertiary alicyclic amines) is 1. The number of piperidine rings is 1. The molecule has 0 aromatic heterocycles. The monoisotopic (exact) mass is 214 g/mol. The summed E-state index contributed by atoms with van der Waals surface area (Å²) in [6.45, 7) is 2.23. The van der Waals surface area contributed by atoms with Crippen LogP contribution in [-0.2, 0) is 4.79 Å². The zero-order chi connectivity index (χ0) is 10.2. The van der Waals surface area contributed by atoms with Gasteiger partial charge in [-0.1, -0.05) is 0 Å². The summed E-state index contributed by atoms with van der Waals surface area (Å²) in [6, 6.07) is 0. The quantitative estimate of drug-likeness (QED) is 0.601. The van der Waals surface area contributed by atoms with E-state index >= 15 is 0 Å². The van der Waals surface area contributed by atoms with Gasteiger partial charge in [0.15, 0.2) is 0 Å². The van der Waals surface area contributed by atoms with Crippen LogP contribution in [0.15, 0.2) is 0 Å². The molecule has 1 spiro atoms. The van der Waals surface area contributed by atoms with Crippen molar-refractivity contribution in [2.45, 2.75) is 24.1 Å². The summed E-state index contributed by atoms with van der Waals surface area (Å²) in [4.78, 5) is 16.1. The maximum absolute atomic E-state index is 11.6. The molecule has 2 fully saturated rings. The van der Waals surface area contributed by atoms with Gasteiger partial charge in [0.2, 0.25) is 5.91 Å². The second-order valence-corrected chi connectivity index (χ2v) is 5.76. The van der Waals surface area contributed by atoms with Gasteiger partial charge in [-0.3, -0.25) is 4.79 Å². The number of hydrogen-bond acceptors (Lipinski definition) is 3. The fourth-order valence-corrected chi connectivity index (χ4v) is 3.69. The van der Waals surface area contributed by atoms with E-state index in [9.17, 15) is 4.79 Å². The van der Waals surface area contributed by atoms with Crippen molar-refractivity contribution in [3.63, 3.8) is 0 Å². The Morgan fingerprint density at radius 1 is 1.29 bits per heavy atom. The van der Waals surface area contributed by atoms with Gasteiger partial charge in [-0.25, -0.2) is 0 Å². The molecular formula is C10H18N2OS. The SMILES string of the molecule is CN1CCC2(CC1)SCCC(=O)N2C. The molecule has 14 heavy (non-hydrogen) atoms. The van der Waals surface area contributed by atoms with Crippen LogP contribution >= 0.6 is 11.8 Å². The Balaban J connectivity index is 2.10. The molecule has 0 aromatic rings. The molecule has 3 nitrogen and oxygen atoms in total. The predicted molar refractivity (Wildman–Crippen MR) is 59.3 cm³/mol. The van der Waals surface area contributed by atoms with Crippen LogP contribution in [-0.4, -0.2) is 53.5 Å². The molecule has 0 aromatic carbocycles. The third-order valence-corrected chi connectivity index (χ3v) is 5.07. The second-order valence-electron chi connectivity index (χ2n) is 4.30. The van der Waals surface area contributed by atoms with E-state index in [4.69, 9.17) is 0 Å². The molecule has 0 atom stereocenters. The fraction of sp³-hybridized carbons (Fsp3) is 0.900. The average molecular weight is 214 g/mol. The second kappa shape index (κ2) is 3.74. The summed E-state index contributed by atoms with van der Waals surface area (Å²) in [7, 11) is 4.13. The molecule has 1 amide bonds. The highest BCUT2D eigenvalue weighted by atomic mass is 32.2. The topological polar surface area (TPSA) is 23.6 Å². The van der Waals surface area contributed by atoms with Gasteiger partial charge in [0.1, 0.15) is 0 Å². The average Bonchev–Trinajstić information content (AvgIpc) is 2.19. The van der Waals surface area contributed by atoms with Gasteiger partial charge in [0.25, 0.3) is 0 Å². The van der Waals surface area contributed by atoms with Gasteiger partial charge in [-0.15, -0.1) is 11.8 Å². The maximum Gasteiger partial charge on any atom is 0.224 e. The van der Waals surface area contributed by atoms with Gasteiger partial charge < -0.3 is 9.80 Å². The van der Waals surface area contributed by atoms with E-state index in [0.29, 0.717) is 5.91 Å². The minimum absolute atomic E-state index is 0.127. The van der Waals surface area contributed by atoms with E-state index in [2.05, 4.69) is 11.9 Å². The maximum atomic E-state index is 11.6. The predicted octanol–water partition coefficient (Wildman–Crippen LogP) is 1.00. The van der Waals surface area contributed by atoms with Crippen LogP contribution in [0.3, 0.4) is 0 Å². The van der Waals surface area contributed by atoms with Gasteiger partial charge in [0, 0.05) is 32.3 Å².